The Morgan fingerprint density at radius 3 is 2.47 bits per heavy atom. The molecule has 3 N–H and O–H groups in total. The van der Waals surface area contributed by atoms with Crippen LogP contribution in [0.2, 0.25) is 0 Å². The molecule has 1 unspecified atom stereocenters. The number of carbonyl (C=O) groups is 1. The van der Waals surface area contributed by atoms with Crippen LogP contribution in [0.3, 0.4) is 0 Å². The van der Waals surface area contributed by atoms with Crippen molar-refractivity contribution in [3.63, 3.8) is 0 Å². The molecule has 0 aliphatic heterocycles. The zero-order valence-electron chi connectivity index (χ0n) is 10.1. The third-order valence-corrected chi connectivity index (χ3v) is 2.31. The van der Waals surface area contributed by atoms with Gasteiger partial charge in [-0.15, -0.1) is 6.92 Å². The van der Waals surface area contributed by atoms with Crippen LogP contribution in [0, 0.1) is 32.0 Å². The van der Waals surface area contributed by atoms with Crippen LogP contribution in [-0.2, 0) is 65.1 Å². The molecule has 17 heavy (non-hydrogen) atoms. The van der Waals surface area contributed by atoms with Gasteiger partial charge in [-0.1, -0.05) is 6.92 Å². The van der Waals surface area contributed by atoms with Gasteiger partial charge >= 0.3 is 5.97 Å². The van der Waals surface area contributed by atoms with Crippen molar-refractivity contribution in [2.75, 3.05) is 6.54 Å². The molecule has 93 valence electrons. The topological polar surface area (TPSA) is 68.2 Å². The van der Waals surface area contributed by atoms with Gasteiger partial charge in [-0.2, -0.15) is 0 Å². The molecule has 1 rings (SSSR count). The van der Waals surface area contributed by atoms with Crippen molar-refractivity contribution in [1.29, 1.82) is 0 Å². The van der Waals surface area contributed by atoms with Crippen LogP contribution in [-0.4, -0.2) is 22.2 Å². The summed E-state index contributed by atoms with van der Waals surface area (Å²) in [5, 5.41) is 8.68. The van der Waals surface area contributed by atoms with Gasteiger partial charge in [-0.05, 0) is 19.0 Å². The maximum atomic E-state index is 10.6. The van der Waals surface area contributed by atoms with Crippen molar-refractivity contribution >= 4 is 5.97 Å². The first-order valence-electron chi connectivity index (χ1n) is 4.93. The Kier molecular flexibility index (Phi) is 11.0. The number of hydrogen-bond donors (Lipinski definition) is 2. The van der Waals surface area contributed by atoms with Gasteiger partial charge in [0, 0.05) is 53.8 Å². The Bertz CT molecular complexity index is 355. The van der Waals surface area contributed by atoms with Crippen LogP contribution < -0.4 is 5.73 Å². The molecule has 4 nitrogen and oxygen atoms in total. The maximum Gasteiger partial charge on any atom is 0.303 e. The number of rotatable bonds is 5. The Balaban J connectivity index is 0. The van der Waals surface area contributed by atoms with Crippen molar-refractivity contribution < 1.29 is 63.7 Å². The number of aliphatic carboxylic acids is 1. The van der Waals surface area contributed by atoms with E-state index in [1.165, 1.54) is 0 Å². The Labute approximate surface area is 141 Å². The van der Waals surface area contributed by atoms with E-state index < -0.39 is 5.97 Å². The number of nitrogens with two attached hydrogens (primary N) is 1. The third-order valence-electron chi connectivity index (χ3n) is 2.31. The van der Waals surface area contributed by atoms with Crippen molar-refractivity contribution in [2.45, 2.75) is 26.8 Å². The molecular weight excluding hydrogens is 465 g/mol. The molecule has 1 aromatic heterocycles. The first-order chi connectivity index (χ1) is 7.02. The second-order valence-electron chi connectivity index (χ2n) is 3.76. The largest absolute Gasteiger partial charge is 0.560 e. The molecule has 1 atom stereocenters. The third kappa shape index (κ3) is 6.85. The monoisotopic (exact) mass is 481 g/mol. The van der Waals surface area contributed by atoms with E-state index in [1.54, 1.807) is 0 Å². The summed E-state index contributed by atoms with van der Waals surface area (Å²) in [4.78, 5) is 10.6. The van der Waals surface area contributed by atoms with Gasteiger partial charge in [0.2, 0.25) is 0 Å². The van der Waals surface area contributed by atoms with Crippen molar-refractivity contribution in [1.82, 2.24) is 4.57 Å². The minimum absolute atomic E-state index is 0. The van der Waals surface area contributed by atoms with Crippen LogP contribution in [0.25, 0.3) is 0 Å². The van der Waals surface area contributed by atoms with Gasteiger partial charge in [-0.25, -0.2) is 5.69 Å². The molecule has 0 saturated heterocycles. The van der Waals surface area contributed by atoms with E-state index >= 15 is 0 Å². The Morgan fingerprint density at radius 2 is 2.12 bits per heavy atom. The molecule has 0 fully saturated rings. The number of aryl methyl sites for hydroxylation is 2. The number of carboxylic acids is 1. The fourth-order valence-electron chi connectivity index (χ4n) is 1.56. The average molecular weight is 481 g/mol. The summed E-state index contributed by atoms with van der Waals surface area (Å²) in [5.41, 5.74) is 7.44. The summed E-state index contributed by atoms with van der Waals surface area (Å²) >= 11 is 0. The number of aromatic nitrogens is 1. The van der Waals surface area contributed by atoms with Gasteiger partial charge in [0.15, 0.2) is 0 Å². The molecule has 0 bridgehead atoms. The molecule has 0 spiro atoms. The van der Waals surface area contributed by atoms with Gasteiger partial charge in [-0.3, -0.25) is 4.79 Å². The quantitative estimate of drug-likeness (QED) is 0.611. The molecule has 1 aromatic rings. The Hall–Kier alpha value is 0.502. The summed E-state index contributed by atoms with van der Waals surface area (Å²) in [6, 6.07) is 3.11. The maximum absolute atomic E-state index is 10.6. The molecule has 0 aliphatic carbocycles. The standard InChI is InChI=1S/C11H16N2O2.W.Y/c1-8-3-9(2)13(6-8)7-10(5-12)4-11(14)15;;/h10H,4-5,7,12H2,1-2H3,(H,14,15);;/q-2;;. The van der Waals surface area contributed by atoms with Gasteiger partial charge < -0.3 is 33.2 Å². The number of nitrogens with zero attached hydrogens (tertiary/aromatic N) is 1. The van der Waals surface area contributed by atoms with Crippen LogP contribution >= 0.6 is 0 Å². The van der Waals surface area contributed by atoms with E-state index in [4.69, 9.17) is 10.8 Å². The molecule has 1 radical (unpaired) electrons. The average Bonchev–Trinajstić information content (AvgIpc) is 2.43. The summed E-state index contributed by atoms with van der Waals surface area (Å²) < 4.78 is 1.88. The zero-order chi connectivity index (χ0) is 11.4. The Morgan fingerprint density at radius 1 is 1.53 bits per heavy atom. The van der Waals surface area contributed by atoms with Crippen LogP contribution in [0.5, 0.6) is 0 Å². The normalized spacial score (nSPS) is 11.2. The van der Waals surface area contributed by atoms with Crippen molar-refractivity contribution in [2.24, 2.45) is 11.7 Å². The second kappa shape index (κ2) is 9.43. The molecule has 0 amide bonds. The summed E-state index contributed by atoms with van der Waals surface area (Å²) in [6.45, 7) is 4.81. The van der Waals surface area contributed by atoms with E-state index in [2.05, 4.69) is 12.3 Å². The molecule has 0 aromatic carbocycles. The fraction of sp³-hybridized carbons (Fsp3) is 0.545. The second-order valence-corrected chi connectivity index (χ2v) is 3.76. The summed E-state index contributed by atoms with van der Waals surface area (Å²) in [5.74, 6) is -0.853. The minimum Gasteiger partial charge on any atom is -0.560 e. The van der Waals surface area contributed by atoms with E-state index in [0.717, 1.165) is 11.3 Å². The number of carboxylic acid groups (broad SMARTS) is 1. The predicted molar refractivity (Wildman–Crippen MR) is 56.4 cm³/mol. The van der Waals surface area contributed by atoms with Crippen LogP contribution in [0.4, 0.5) is 0 Å². The summed E-state index contributed by atoms with van der Waals surface area (Å²) in [6.07, 6.45) is 3.19. The molecule has 0 saturated carbocycles. The number of hydrogen-bond acceptors (Lipinski definition) is 2. The van der Waals surface area contributed by atoms with Gasteiger partial charge in [0.1, 0.15) is 0 Å². The van der Waals surface area contributed by atoms with Gasteiger partial charge in [0.05, 0.1) is 6.42 Å². The summed E-state index contributed by atoms with van der Waals surface area (Å²) in [7, 11) is 0. The van der Waals surface area contributed by atoms with Crippen molar-refractivity contribution in [3.05, 3.63) is 23.5 Å². The first-order valence-corrected chi connectivity index (χ1v) is 4.93. The van der Waals surface area contributed by atoms with E-state index in [-0.39, 0.29) is 66.1 Å². The molecule has 1 heterocycles. The molecule has 6 heteroatoms. The van der Waals surface area contributed by atoms with Gasteiger partial charge in [0.25, 0.3) is 0 Å². The fourth-order valence-corrected chi connectivity index (χ4v) is 1.56. The molecular formula is C11H16N2O2WY-2. The predicted octanol–water partition coefficient (Wildman–Crippen LogP) is 0.750. The van der Waals surface area contributed by atoms with E-state index in [0.29, 0.717) is 13.1 Å². The SMILES string of the molecule is Cc1[c-]c(C)n(CC(CN)CC(=O)O)[c-]1.[W].[Y]. The van der Waals surface area contributed by atoms with E-state index in [9.17, 15) is 4.79 Å². The molecule has 0 aliphatic rings. The smallest absolute Gasteiger partial charge is 0.303 e. The van der Waals surface area contributed by atoms with E-state index in [1.807, 2.05) is 18.4 Å². The van der Waals surface area contributed by atoms with Crippen LogP contribution in [0.15, 0.2) is 0 Å². The van der Waals surface area contributed by atoms with Crippen molar-refractivity contribution in [3.8, 4) is 0 Å². The zero-order valence-corrected chi connectivity index (χ0v) is 15.8. The first kappa shape index (κ1) is 19.8. The minimum atomic E-state index is -0.809. The van der Waals surface area contributed by atoms with Crippen LogP contribution in [0.1, 0.15) is 17.7 Å².